The molecule has 0 aliphatic rings. The van der Waals surface area contributed by atoms with Crippen molar-refractivity contribution in [3.05, 3.63) is 48.2 Å². The third-order valence-corrected chi connectivity index (χ3v) is 4.97. The number of fused-ring (bicyclic) bond motifs is 2. The molecule has 0 saturated carbocycles. The van der Waals surface area contributed by atoms with Gasteiger partial charge in [0.1, 0.15) is 11.5 Å². The Balaban J connectivity index is 1.84. The van der Waals surface area contributed by atoms with Crippen LogP contribution in [0.1, 0.15) is 5.69 Å². The van der Waals surface area contributed by atoms with Crippen LogP contribution in [-0.4, -0.2) is 15.0 Å². The van der Waals surface area contributed by atoms with Crippen LogP contribution in [0.25, 0.3) is 21.8 Å². The zero-order chi connectivity index (χ0) is 16.0. The number of aryl methyl sites for hydroxylation is 1. The number of aromatic amines is 1. The van der Waals surface area contributed by atoms with Crippen molar-refractivity contribution in [3.63, 3.8) is 0 Å². The Morgan fingerprint density at radius 1 is 1.00 bits per heavy atom. The molecule has 5 N–H and O–H groups in total. The minimum absolute atomic E-state index is 0.179. The van der Waals surface area contributed by atoms with Crippen LogP contribution >= 0.6 is 11.8 Å². The molecule has 0 saturated heterocycles. The van der Waals surface area contributed by atoms with Crippen LogP contribution in [0.3, 0.4) is 0 Å². The van der Waals surface area contributed by atoms with Gasteiger partial charge in [0.05, 0.1) is 5.39 Å². The van der Waals surface area contributed by atoms with Crippen molar-refractivity contribution in [1.82, 2.24) is 15.0 Å². The topological polar surface area (TPSA) is 93.6 Å². The van der Waals surface area contributed by atoms with E-state index in [1.165, 1.54) is 10.8 Å². The zero-order valence-corrected chi connectivity index (χ0v) is 13.3. The lowest BCUT2D eigenvalue weighted by Gasteiger charge is -2.05. The second-order valence-corrected chi connectivity index (χ2v) is 6.46. The number of aromatic nitrogens is 3. The molecule has 0 aliphatic carbocycles. The normalized spacial score (nSPS) is 11.3. The van der Waals surface area contributed by atoms with Crippen molar-refractivity contribution in [2.75, 3.05) is 11.5 Å². The Morgan fingerprint density at radius 2 is 1.78 bits per heavy atom. The van der Waals surface area contributed by atoms with Crippen molar-refractivity contribution in [2.45, 2.75) is 16.7 Å². The molecular formula is C17H15N5S. The number of anilines is 2. The van der Waals surface area contributed by atoms with Gasteiger partial charge in [-0.1, -0.05) is 42.1 Å². The molecule has 4 aromatic rings. The summed E-state index contributed by atoms with van der Waals surface area (Å²) in [5.41, 5.74) is 13.4. The van der Waals surface area contributed by atoms with Crippen molar-refractivity contribution in [1.29, 1.82) is 0 Å². The van der Waals surface area contributed by atoms with E-state index in [1.54, 1.807) is 11.8 Å². The fraction of sp³-hybridized carbons (Fsp3) is 0.0588. The van der Waals surface area contributed by atoms with Gasteiger partial charge in [-0.05, 0) is 29.8 Å². The zero-order valence-electron chi connectivity index (χ0n) is 12.5. The van der Waals surface area contributed by atoms with Gasteiger partial charge < -0.3 is 16.5 Å². The molecule has 0 spiro atoms. The van der Waals surface area contributed by atoms with Gasteiger partial charge in [0.15, 0.2) is 0 Å². The molecule has 23 heavy (non-hydrogen) atoms. The molecule has 2 heterocycles. The summed E-state index contributed by atoms with van der Waals surface area (Å²) >= 11 is 1.65. The molecule has 4 rings (SSSR count). The van der Waals surface area contributed by atoms with Gasteiger partial charge in [-0.25, -0.2) is 0 Å². The van der Waals surface area contributed by atoms with Gasteiger partial charge in [-0.15, -0.1) is 0 Å². The van der Waals surface area contributed by atoms with E-state index in [2.05, 4.69) is 45.3 Å². The third kappa shape index (κ3) is 2.37. The van der Waals surface area contributed by atoms with Gasteiger partial charge >= 0.3 is 0 Å². The number of nitrogens with one attached hydrogen (secondary N) is 1. The quantitative estimate of drug-likeness (QED) is 0.523. The molecule has 5 nitrogen and oxygen atoms in total. The summed E-state index contributed by atoms with van der Waals surface area (Å²) in [5.74, 6) is 0.582. The Morgan fingerprint density at radius 3 is 2.61 bits per heavy atom. The first-order valence-electron chi connectivity index (χ1n) is 7.20. The molecule has 6 heteroatoms. The average Bonchev–Trinajstić information content (AvgIpc) is 2.83. The summed E-state index contributed by atoms with van der Waals surface area (Å²) < 4.78 is 0. The fourth-order valence-electron chi connectivity index (χ4n) is 2.71. The summed E-state index contributed by atoms with van der Waals surface area (Å²) in [6.07, 6.45) is 0. The molecule has 0 fully saturated rings. The van der Waals surface area contributed by atoms with Crippen LogP contribution < -0.4 is 11.5 Å². The van der Waals surface area contributed by atoms with Crippen LogP contribution in [0.2, 0.25) is 0 Å². The van der Waals surface area contributed by atoms with Gasteiger partial charge in [0.25, 0.3) is 0 Å². The lowest BCUT2D eigenvalue weighted by molar-refractivity contribution is 1.19. The largest absolute Gasteiger partial charge is 0.383 e. The van der Waals surface area contributed by atoms with Crippen LogP contribution in [0, 0.1) is 6.92 Å². The minimum atomic E-state index is 0.179. The summed E-state index contributed by atoms with van der Waals surface area (Å²) in [6, 6.07) is 14.7. The van der Waals surface area contributed by atoms with E-state index in [0.717, 1.165) is 20.9 Å². The summed E-state index contributed by atoms with van der Waals surface area (Å²) in [5, 5.41) is 3.27. The second kappa shape index (κ2) is 5.17. The lowest BCUT2D eigenvalue weighted by atomic mass is 10.1. The van der Waals surface area contributed by atoms with Crippen molar-refractivity contribution >= 4 is 45.3 Å². The first kappa shape index (κ1) is 13.9. The molecule has 2 aromatic heterocycles. The highest BCUT2D eigenvalue weighted by Gasteiger charge is 2.15. The molecule has 0 amide bonds. The average molecular weight is 321 g/mol. The molecule has 0 radical (unpaired) electrons. The van der Waals surface area contributed by atoms with E-state index in [1.807, 2.05) is 19.1 Å². The van der Waals surface area contributed by atoms with Gasteiger partial charge in [0, 0.05) is 15.5 Å². The predicted octanol–water partition coefficient (Wildman–Crippen LogP) is 3.74. The number of nitrogens with zero attached hydrogens (tertiary/aromatic N) is 2. The maximum absolute atomic E-state index is 6.05. The number of rotatable bonds is 2. The molecule has 114 valence electrons. The van der Waals surface area contributed by atoms with E-state index in [4.69, 9.17) is 11.5 Å². The van der Waals surface area contributed by atoms with E-state index in [0.29, 0.717) is 11.5 Å². The summed E-state index contributed by atoms with van der Waals surface area (Å²) in [7, 11) is 0. The monoisotopic (exact) mass is 321 g/mol. The smallest absolute Gasteiger partial charge is 0.223 e. The van der Waals surface area contributed by atoms with E-state index >= 15 is 0 Å². The second-order valence-electron chi connectivity index (χ2n) is 5.38. The first-order chi connectivity index (χ1) is 11.1. The van der Waals surface area contributed by atoms with Gasteiger partial charge in [-0.2, -0.15) is 9.97 Å². The Kier molecular flexibility index (Phi) is 3.12. The molecule has 0 bridgehead atoms. The number of H-pyrrole nitrogens is 1. The SMILES string of the molecule is Cc1[nH]c2nc(N)nc(N)c2c1Sc1ccc2ccccc2c1. The fourth-order valence-corrected chi connectivity index (χ4v) is 3.77. The number of hydrogen-bond acceptors (Lipinski definition) is 5. The third-order valence-electron chi connectivity index (χ3n) is 3.77. The number of nitrogens with two attached hydrogens (primary N) is 2. The number of hydrogen-bond donors (Lipinski definition) is 3. The standard InChI is InChI=1S/C17H15N5S/c1-9-14(13-15(18)21-17(19)22-16(13)20-9)23-12-7-6-10-4-2-3-5-11(10)8-12/h2-8H,1H3,(H5,18,19,20,21,22). The maximum atomic E-state index is 6.05. The molecule has 2 aromatic carbocycles. The van der Waals surface area contributed by atoms with Crippen molar-refractivity contribution in [2.24, 2.45) is 0 Å². The predicted molar refractivity (Wildman–Crippen MR) is 95.5 cm³/mol. The highest BCUT2D eigenvalue weighted by Crippen LogP contribution is 2.38. The molecule has 0 unspecified atom stereocenters. The van der Waals surface area contributed by atoms with Crippen molar-refractivity contribution in [3.8, 4) is 0 Å². The van der Waals surface area contributed by atoms with E-state index < -0.39 is 0 Å². The summed E-state index contributed by atoms with van der Waals surface area (Å²) in [6.45, 7) is 2.00. The van der Waals surface area contributed by atoms with Crippen LogP contribution in [0.4, 0.5) is 11.8 Å². The van der Waals surface area contributed by atoms with Crippen LogP contribution in [0.5, 0.6) is 0 Å². The lowest BCUT2D eigenvalue weighted by Crippen LogP contribution is -1.99. The van der Waals surface area contributed by atoms with Crippen LogP contribution in [-0.2, 0) is 0 Å². The highest BCUT2D eigenvalue weighted by molar-refractivity contribution is 7.99. The first-order valence-corrected chi connectivity index (χ1v) is 8.01. The maximum Gasteiger partial charge on any atom is 0.223 e. The Labute approximate surface area is 137 Å². The van der Waals surface area contributed by atoms with E-state index in [9.17, 15) is 0 Å². The number of nitrogen functional groups attached to an aromatic ring is 2. The van der Waals surface area contributed by atoms with Crippen molar-refractivity contribution < 1.29 is 0 Å². The minimum Gasteiger partial charge on any atom is -0.383 e. The molecule has 0 aliphatic heterocycles. The molecule has 0 atom stereocenters. The van der Waals surface area contributed by atoms with E-state index in [-0.39, 0.29) is 5.95 Å². The van der Waals surface area contributed by atoms with Gasteiger partial charge in [-0.3, -0.25) is 0 Å². The molecular weight excluding hydrogens is 306 g/mol. The van der Waals surface area contributed by atoms with Crippen LogP contribution in [0.15, 0.2) is 52.3 Å². The highest BCUT2D eigenvalue weighted by atomic mass is 32.2. The Bertz CT molecular complexity index is 1040. The summed E-state index contributed by atoms with van der Waals surface area (Å²) in [4.78, 5) is 13.7. The van der Waals surface area contributed by atoms with Gasteiger partial charge in [0.2, 0.25) is 5.95 Å². The number of benzene rings is 2. The Hall–Kier alpha value is -2.73.